The van der Waals surface area contributed by atoms with Gasteiger partial charge >= 0.3 is 0 Å². The first kappa shape index (κ1) is 19.9. The van der Waals surface area contributed by atoms with Crippen LogP contribution < -0.4 is 0 Å². The van der Waals surface area contributed by atoms with E-state index in [1.807, 2.05) is 6.08 Å². The topological polar surface area (TPSA) is 91.8 Å². The normalized spacial score (nSPS) is 30.1. The number of imide groups is 1. The molecule has 0 unspecified atom stereocenters. The molecule has 2 amide bonds. The zero-order valence-electron chi connectivity index (χ0n) is 17.0. The van der Waals surface area contributed by atoms with Crippen molar-refractivity contribution in [2.45, 2.75) is 25.7 Å². The first-order chi connectivity index (χ1) is 14.7. The van der Waals surface area contributed by atoms with Crippen molar-refractivity contribution in [2.24, 2.45) is 17.8 Å². The lowest BCUT2D eigenvalue weighted by atomic mass is 9.59. The van der Waals surface area contributed by atoms with Crippen molar-refractivity contribution in [3.05, 3.63) is 63.2 Å². The number of fused-ring (bicyclic) bond motifs is 3. The standard InChI is InChI=1S/C24H20ClNO5/c1-10-7-18(28)16-9-15-12(5-6-14-20(15)24(31)26(2)23(14)30)19(21(16)22(10)29)13-4-3-11(27)8-17(13)25/h3-5,7-8,14-15,19-20,27H,6,9H2,1-2H3/t14-,15+,19+,20-/m0/s1. The summed E-state index contributed by atoms with van der Waals surface area (Å²) in [5.41, 5.74) is 2.59. The molecule has 31 heavy (non-hydrogen) atoms. The Morgan fingerprint density at radius 1 is 1.10 bits per heavy atom. The highest BCUT2D eigenvalue weighted by Crippen LogP contribution is 2.55. The lowest BCUT2D eigenvalue weighted by molar-refractivity contribution is -0.138. The number of ketones is 2. The zero-order chi connectivity index (χ0) is 22.2. The van der Waals surface area contributed by atoms with Crippen molar-refractivity contribution < 1.29 is 24.3 Å². The third kappa shape index (κ3) is 2.71. The molecule has 1 fully saturated rings. The number of phenolic OH excluding ortho intramolecular Hbond substituents is 1. The van der Waals surface area contributed by atoms with Crippen molar-refractivity contribution in [1.29, 1.82) is 0 Å². The molecule has 4 atom stereocenters. The summed E-state index contributed by atoms with van der Waals surface area (Å²) in [6.45, 7) is 1.62. The van der Waals surface area contributed by atoms with Gasteiger partial charge in [0.25, 0.3) is 0 Å². The highest BCUT2D eigenvalue weighted by Gasteiger charge is 2.55. The van der Waals surface area contributed by atoms with Crippen LogP contribution in [0.3, 0.4) is 0 Å². The summed E-state index contributed by atoms with van der Waals surface area (Å²) in [6, 6.07) is 4.55. The average Bonchev–Trinajstić information content (AvgIpc) is 2.95. The van der Waals surface area contributed by atoms with Crippen LogP contribution in [0, 0.1) is 17.8 Å². The summed E-state index contributed by atoms with van der Waals surface area (Å²) in [5.74, 6) is -2.87. The molecule has 5 rings (SSSR count). The third-order valence-corrected chi connectivity index (χ3v) is 7.41. The molecule has 3 aliphatic carbocycles. The van der Waals surface area contributed by atoms with Crippen LogP contribution in [-0.4, -0.2) is 40.4 Å². The van der Waals surface area contributed by atoms with E-state index in [0.29, 0.717) is 28.7 Å². The second-order valence-electron chi connectivity index (χ2n) is 8.67. The number of rotatable bonds is 1. The number of halogens is 1. The Labute approximate surface area is 183 Å². The third-order valence-electron chi connectivity index (χ3n) is 7.08. The molecule has 158 valence electrons. The molecule has 0 radical (unpaired) electrons. The molecule has 4 aliphatic rings. The summed E-state index contributed by atoms with van der Waals surface area (Å²) in [6.07, 6.45) is 3.94. The van der Waals surface area contributed by atoms with E-state index >= 15 is 0 Å². The smallest absolute Gasteiger partial charge is 0.233 e. The van der Waals surface area contributed by atoms with Gasteiger partial charge in [0.1, 0.15) is 5.75 Å². The Bertz CT molecular complexity index is 1190. The molecule has 0 spiro atoms. The maximum atomic E-state index is 13.2. The quantitative estimate of drug-likeness (QED) is 0.414. The number of hydrogen-bond donors (Lipinski definition) is 1. The van der Waals surface area contributed by atoms with Crippen LogP contribution in [0.25, 0.3) is 0 Å². The lowest BCUT2D eigenvalue weighted by Gasteiger charge is -2.42. The monoisotopic (exact) mass is 437 g/mol. The molecule has 1 aliphatic heterocycles. The predicted octanol–water partition coefficient (Wildman–Crippen LogP) is 3.10. The van der Waals surface area contributed by atoms with Crippen molar-refractivity contribution >= 4 is 35.0 Å². The van der Waals surface area contributed by atoms with Gasteiger partial charge in [-0.3, -0.25) is 24.1 Å². The Kier molecular flexibility index (Phi) is 4.35. The number of carbonyl (C=O) groups is 4. The molecular weight excluding hydrogens is 418 g/mol. The van der Waals surface area contributed by atoms with E-state index in [1.165, 1.54) is 30.2 Å². The highest BCUT2D eigenvalue weighted by atomic mass is 35.5. The molecule has 7 heteroatoms. The van der Waals surface area contributed by atoms with Gasteiger partial charge in [0.05, 0.1) is 11.8 Å². The van der Waals surface area contributed by atoms with Crippen LogP contribution in [0.2, 0.25) is 5.02 Å². The van der Waals surface area contributed by atoms with Gasteiger partial charge in [-0.05, 0) is 49.5 Å². The van der Waals surface area contributed by atoms with Crippen LogP contribution in [0.15, 0.2) is 52.6 Å². The van der Waals surface area contributed by atoms with Gasteiger partial charge in [0.15, 0.2) is 11.6 Å². The van der Waals surface area contributed by atoms with E-state index in [4.69, 9.17) is 11.6 Å². The van der Waals surface area contributed by atoms with Gasteiger partial charge in [-0.2, -0.15) is 0 Å². The van der Waals surface area contributed by atoms with Gasteiger partial charge in [-0.15, -0.1) is 0 Å². The minimum Gasteiger partial charge on any atom is -0.508 e. The van der Waals surface area contributed by atoms with Crippen molar-refractivity contribution in [1.82, 2.24) is 4.90 Å². The van der Waals surface area contributed by atoms with E-state index in [-0.39, 0.29) is 46.5 Å². The van der Waals surface area contributed by atoms with Crippen LogP contribution >= 0.6 is 11.6 Å². The summed E-state index contributed by atoms with van der Waals surface area (Å²) >= 11 is 6.48. The molecule has 6 nitrogen and oxygen atoms in total. The average molecular weight is 438 g/mol. The number of allylic oxidation sites excluding steroid dienone is 6. The summed E-state index contributed by atoms with van der Waals surface area (Å²) in [7, 11) is 1.49. The molecule has 1 aromatic carbocycles. The number of nitrogens with zero attached hydrogens (tertiary/aromatic N) is 1. The van der Waals surface area contributed by atoms with Crippen LogP contribution in [0.5, 0.6) is 5.75 Å². The Hall–Kier alpha value is -2.99. The number of hydrogen-bond acceptors (Lipinski definition) is 5. The number of aromatic hydroxyl groups is 1. The first-order valence-corrected chi connectivity index (χ1v) is 10.6. The first-order valence-electron chi connectivity index (χ1n) is 10.2. The van der Waals surface area contributed by atoms with Crippen LogP contribution in [0.4, 0.5) is 0 Å². The Balaban J connectivity index is 1.74. The number of amides is 2. The minimum absolute atomic E-state index is 0.00619. The number of carbonyl (C=O) groups excluding carboxylic acids is 4. The van der Waals surface area contributed by atoms with Gasteiger partial charge in [0, 0.05) is 34.7 Å². The Morgan fingerprint density at radius 2 is 1.84 bits per heavy atom. The molecular formula is C24H20ClNO5. The fourth-order valence-corrected chi connectivity index (χ4v) is 5.91. The van der Waals surface area contributed by atoms with E-state index in [0.717, 1.165) is 5.57 Å². The number of Topliss-reactive ketones (excluding diaryl/α,β-unsaturated/α-hetero) is 1. The maximum Gasteiger partial charge on any atom is 0.233 e. The van der Waals surface area contributed by atoms with Crippen molar-refractivity contribution in [3.63, 3.8) is 0 Å². The van der Waals surface area contributed by atoms with E-state index in [1.54, 1.807) is 13.0 Å². The van der Waals surface area contributed by atoms with Gasteiger partial charge < -0.3 is 5.11 Å². The fourth-order valence-electron chi connectivity index (χ4n) is 5.62. The second kappa shape index (κ2) is 6.76. The minimum atomic E-state index is -0.600. The molecule has 1 aromatic rings. The Morgan fingerprint density at radius 3 is 2.55 bits per heavy atom. The summed E-state index contributed by atoms with van der Waals surface area (Å²) in [5, 5.41) is 10.1. The SMILES string of the molecule is CC1=CC(=O)C2=C(C1=O)[C@@H](c1ccc(O)cc1Cl)C1=CC[C@@H]3C(=O)N(C)C(=O)[C@@H]3[C@@H]1C2. The van der Waals surface area contributed by atoms with Crippen molar-refractivity contribution in [3.8, 4) is 5.75 Å². The molecule has 1 heterocycles. The maximum absolute atomic E-state index is 13.2. The molecule has 0 bridgehead atoms. The molecule has 0 aromatic heterocycles. The van der Waals surface area contributed by atoms with Crippen molar-refractivity contribution in [2.75, 3.05) is 7.05 Å². The largest absolute Gasteiger partial charge is 0.508 e. The van der Waals surface area contributed by atoms with Gasteiger partial charge in [-0.25, -0.2) is 0 Å². The summed E-state index contributed by atoms with van der Waals surface area (Å²) in [4.78, 5) is 52.9. The highest BCUT2D eigenvalue weighted by molar-refractivity contribution is 6.32. The molecule has 1 N–H and O–H groups in total. The number of likely N-dealkylation sites (tertiary alicyclic amines) is 1. The lowest BCUT2D eigenvalue weighted by Crippen LogP contribution is -2.39. The van der Waals surface area contributed by atoms with E-state index < -0.39 is 17.8 Å². The number of phenols is 1. The predicted molar refractivity (Wildman–Crippen MR) is 112 cm³/mol. The number of benzene rings is 1. The van der Waals surface area contributed by atoms with Gasteiger partial charge in [0.2, 0.25) is 11.8 Å². The second-order valence-corrected chi connectivity index (χ2v) is 9.08. The van der Waals surface area contributed by atoms with Gasteiger partial charge in [-0.1, -0.05) is 29.3 Å². The molecule has 1 saturated heterocycles. The molecule has 0 saturated carbocycles. The van der Waals surface area contributed by atoms with E-state index in [2.05, 4.69) is 0 Å². The summed E-state index contributed by atoms with van der Waals surface area (Å²) < 4.78 is 0. The van der Waals surface area contributed by atoms with E-state index in [9.17, 15) is 24.3 Å². The van der Waals surface area contributed by atoms with Crippen LogP contribution in [0.1, 0.15) is 31.2 Å². The van der Waals surface area contributed by atoms with Crippen LogP contribution in [-0.2, 0) is 19.2 Å². The fraction of sp³-hybridized carbons (Fsp3) is 0.333. The zero-order valence-corrected chi connectivity index (χ0v) is 17.8.